The lowest BCUT2D eigenvalue weighted by Crippen LogP contribution is -2.38. The van der Waals surface area contributed by atoms with E-state index in [-0.39, 0.29) is 6.04 Å². The molecule has 0 saturated heterocycles. The summed E-state index contributed by atoms with van der Waals surface area (Å²) in [4.78, 5) is 23.6. The minimum absolute atomic E-state index is 0.308. The zero-order chi connectivity index (χ0) is 11.3. The number of carbonyl (C=O) groups excluding carboxylic acids is 2. The monoisotopic (exact) mass is 207 g/mol. The zero-order valence-electron chi connectivity index (χ0n) is 8.55. The molecule has 1 amide bonds. The number of ether oxygens (including phenoxy) is 1. The van der Waals surface area contributed by atoms with Gasteiger partial charge in [0, 0.05) is 11.8 Å². The first-order chi connectivity index (χ1) is 7.24. The fraction of sp³-hybridized carbons (Fsp3) is 0.273. The van der Waals surface area contributed by atoms with Gasteiger partial charge in [0.15, 0.2) is 0 Å². The highest BCUT2D eigenvalue weighted by Crippen LogP contribution is 2.19. The average Bonchev–Trinajstić information content (AvgIpc) is 2.28. The molecule has 1 atom stereocenters. The third kappa shape index (κ3) is 2.34. The number of hydrogen-bond acceptors (Lipinski definition) is 3. The number of methoxy groups -OCH3 is 1. The second-order valence-electron chi connectivity index (χ2n) is 3.04. The van der Waals surface area contributed by atoms with E-state index in [0.717, 1.165) is 6.29 Å². The van der Waals surface area contributed by atoms with Gasteiger partial charge in [-0.2, -0.15) is 0 Å². The van der Waals surface area contributed by atoms with Gasteiger partial charge in [0.2, 0.25) is 0 Å². The Labute approximate surface area is 88.5 Å². The molecule has 15 heavy (non-hydrogen) atoms. The van der Waals surface area contributed by atoms with Gasteiger partial charge in [-0.1, -0.05) is 12.2 Å². The quantitative estimate of drug-likeness (QED) is 0.522. The number of rotatable bonds is 3. The summed E-state index contributed by atoms with van der Waals surface area (Å²) in [7, 11) is 1.31. The molecule has 4 nitrogen and oxygen atoms in total. The van der Waals surface area contributed by atoms with E-state index in [1.807, 2.05) is 0 Å². The summed E-state index contributed by atoms with van der Waals surface area (Å²) in [5.41, 5.74) is 0.544. The Morgan fingerprint density at radius 1 is 1.73 bits per heavy atom. The van der Waals surface area contributed by atoms with Gasteiger partial charge in [0.1, 0.15) is 6.29 Å². The predicted molar refractivity (Wildman–Crippen MR) is 56.1 cm³/mol. The van der Waals surface area contributed by atoms with E-state index in [9.17, 15) is 9.59 Å². The molecule has 0 saturated carbocycles. The van der Waals surface area contributed by atoms with Crippen LogP contribution >= 0.6 is 0 Å². The standard InChI is InChI=1S/C11H13NO3/c1-3-5-10-9(8-13)6-4-7-12(10)11(14)15-2/h3-4,6-8,10H,1,5H2,2H3. The van der Waals surface area contributed by atoms with Crippen LogP contribution in [0.2, 0.25) is 0 Å². The average molecular weight is 207 g/mol. The van der Waals surface area contributed by atoms with Crippen molar-refractivity contribution in [2.24, 2.45) is 0 Å². The summed E-state index contributed by atoms with van der Waals surface area (Å²) >= 11 is 0. The lowest BCUT2D eigenvalue weighted by Gasteiger charge is -2.29. The van der Waals surface area contributed by atoms with Gasteiger partial charge in [-0.25, -0.2) is 4.79 Å². The minimum Gasteiger partial charge on any atom is -0.452 e. The lowest BCUT2D eigenvalue weighted by atomic mass is 10.0. The van der Waals surface area contributed by atoms with Crippen molar-refractivity contribution in [2.75, 3.05) is 7.11 Å². The van der Waals surface area contributed by atoms with E-state index >= 15 is 0 Å². The summed E-state index contributed by atoms with van der Waals surface area (Å²) in [6.07, 6.45) is 7.35. The zero-order valence-corrected chi connectivity index (χ0v) is 8.55. The van der Waals surface area contributed by atoms with Gasteiger partial charge in [-0.05, 0) is 12.5 Å². The molecule has 0 bridgehead atoms. The third-order valence-corrected chi connectivity index (χ3v) is 2.17. The Morgan fingerprint density at radius 2 is 2.47 bits per heavy atom. The normalized spacial score (nSPS) is 19.4. The first-order valence-corrected chi connectivity index (χ1v) is 4.55. The second kappa shape index (κ2) is 5.14. The number of nitrogens with zero attached hydrogens (tertiary/aromatic N) is 1. The molecule has 0 aromatic rings. The topological polar surface area (TPSA) is 46.6 Å². The van der Waals surface area contributed by atoms with Gasteiger partial charge in [-0.15, -0.1) is 6.58 Å². The van der Waals surface area contributed by atoms with Crippen molar-refractivity contribution < 1.29 is 14.3 Å². The summed E-state index contributed by atoms with van der Waals surface area (Å²) in [5, 5.41) is 0. The van der Waals surface area contributed by atoms with E-state index in [2.05, 4.69) is 11.3 Å². The molecule has 0 spiro atoms. The number of allylic oxidation sites excluding steroid dienone is 2. The largest absolute Gasteiger partial charge is 0.452 e. The van der Waals surface area contributed by atoms with E-state index in [1.54, 1.807) is 24.4 Å². The van der Waals surface area contributed by atoms with E-state index in [4.69, 9.17) is 0 Å². The van der Waals surface area contributed by atoms with Crippen molar-refractivity contribution in [2.45, 2.75) is 12.5 Å². The predicted octanol–water partition coefficient (Wildman–Crippen LogP) is 1.65. The maximum absolute atomic E-state index is 11.4. The van der Waals surface area contributed by atoms with E-state index in [0.29, 0.717) is 12.0 Å². The summed E-state index contributed by atoms with van der Waals surface area (Å²) < 4.78 is 4.62. The first kappa shape index (κ1) is 11.2. The molecule has 80 valence electrons. The number of aldehydes is 1. The Hall–Kier alpha value is -1.84. The van der Waals surface area contributed by atoms with Crippen LogP contribution in [0.3, 0.4) is 0 Å². The Bertz CT molecular complexity index is 331. The van der Waals surface area contributed by atoms with Crippen LogP contribution in [0, 0.1) is 0 Å². The molecular weight excluding hydrogens is 194 g/mol. The van der Waals surface area contributed by atoms with Crippen molar-refractivity contribution in [3.63, 3.8) is 0 Å². The van der Waals surface area contributed by atoms with Crippen molar-refractivity contribution in [3.8, 4) is 0 Å². The molecule has 4 heteroatoms. The van der Waals surface area contributed by atoms with Crippen LogP contribution in [-0.4, -0.2) is 30.4 Å². The maximum Gasteiger partial charge on any atom is 0.414 e. The van der Waals surface area contributed by atoms with Gasteiger partial charge >= 0.3 is 6.09 Å². The molecule has 1 aliphatic rings. The molecule has 0 aromatic carbocycles. The highest BCUT2D eigenvalue weighted by atomic mass is 16.5. The molecule has 1 aliphatic heterocycles. The molecule has 0 fully saturated rings. The molecule has 1 rings (SSSR count). The van der Waals surface area contributed by atoms with Crippen molar-refractivity contribution in [1.82, 2.24) is 4.90 Å². The molecule has 1 unspecified atom stereocenters. The number of carbonyl (C=O) groups is 2. The molecule has 0 N–H and O–H groups in total. The Morgan fingerprint density at radius 3 is 3.00 bits per heavy atom. The van der Waals surface area contributed by atoms with E-state index < -0.39 is 6.09 Å². The van der Waals surface area contributed by atoms with Crippen molar-refractivity contribution in [3.05, 3.63) is 36.6 Å². The highest BCUT2D eigenvalue weighted by Gasteiger charge is 2.26. The molecule has 0 radical (unpaired) electrons. The smallest absolute Gasteiger partial charge is 0.414 e. The van der Waals surface area contributed by atoms with E-state index in [1.165, 1.54) is 12.0 Å². The van der Waals surface area contributed by atoms with Gasteiger partial charge in [0.05, 0.1) is 13.2 Å². The minimum atomic E-state index is -0.481. The third-order valence-electron chi connectivity index (χ3n) is 2.17. The van der Waals surface area contributed by atoms with Crippen LogP contribution in [0.1, 0.15) is 6.42 Å². The summed E-state index contributed by atoms with van der Waals surface area (Å²) in [6.45, 7) is 3.60. The first-order valence-electron chi connectivity index (χ1n) is 4.55. The van der Waals surface area contributed by atoms with Gasteiger partial charge in [0.25, 0.3) is 0 Å². The van der Waals surface area contributed by atoms with Crippen LogP contribution in [0.25, 0.3) is 0 Å². The van der Waals surface area contributed by atoms with Crippen molar-refractivity contribution in [1.29, 1.82) is 0 Å². The molecule has 1 heterocycles. The second-order valence-corrected chi connectivity index (χ2v) is 3.04. The van der Waals surface area contributed by atoms with Crippen LogP contribution in [0.15, 0.2) is 36.6 Å². The molecule has 0 aromatic heterocycles. The fourth-order valence-electron chi connectivity index (χ4n) is 1.44. The Balaban J connectivity index is 2.93. The van der Waals surface area contributed by atoms with Crippen LogP contribution < -0.4 is 0 Å². The van der Waals surface area contributed by atoms with Crippen LogP contribution in [0.4, 0.5) is 4.79 Å². The summed E-state index contributed by atoms with van der Waals surface area (Å²) in [5.74, 6) is 0. The van der Waals surface area contributed by atoms with Crippen LogP contribution in [0.5, 0.6) is 0 Å². The van der Waals surface area contributed by atoms with Gasteiger partial charge in [-0.3, -0.25) is 9.69 Å². The highest BCUT2D eigenvalue weighted by molar-refractivity contribution is 5.80. The maximum atomic E-state index is 11.4. The SMILES string of the molecule is C=CCC1C(C=O)=CC=CN1C(=O)OC. The lowest BCUT2D eigenvalue weighted by molar-refractivity contribution is -0.105. The van der Waals surface area contributed by atoms with Crippen LogP contribution in [-0.2, 0) is 9.53 Å². The van der Waals surface area contributed by atoms with Gasteiger partial charge < -0.3 is 4.74 Å². The Kier molecular flexibility index (Phi) is 3.85. The fourth-order valence-corrected chi connectivity index (χ4v) is 1.44. The van der Waals surface area contributed by atoms with Crippen molar-refractivity contribution >= 4 is 12.4 Å². The number of amides is 1. The summed E-state index contributed by atoms with van der Waals surface area (Å²) in [6, 6.07) is -0.308. The molecular formula is C11H13NO3. The molecule has 0 aliphatic carbocycles. The number of hydrogen-bond donors (Lipinski definition) is 0.